The third-order valence-electron chi connectivity index (χ3n) is 7.01. The van der Waals surface area contributed by atoms with Crippen molar-refractivity contribution in [3.05, 3.63) is 136 Å². The molecule has 0 unspecified atom stereocenters. The van der Waals surface area contributed by atoms with Crippen LogP contribution >= 0.6 is 24.0 Å². The van der Waals surface area contributed by atoms with Crippen LogP contribution in [-0.4, -0.2) is 28.1 Å². The number of aromatic nitrogens is 1. The number of nitro benzene ring substituents is 1. The van der Waals surface area contributed by atoms with Crippen LogP contribution in [0.5, 0.6) is 0 Å². The zero-order chi connectivity index (χ0) is 29.9. The number of non-ortho nitro benzene ring substituents is 1. The smallest absolute Gasteiger partial charge is 0.337 e. The van der Waals surface area contributed by atoms with Crippen molar-refractivity contribution < 1.29 is 18.9 Å². The molecule has 9 nitrogen and oxygen atoms in total. The molecule has 0 amide bonds. The lowest BCUT2D eigenvalue weighted by molar-refractivity contribution is -0.384. The molecule has 1 saturated heterocycles. The summed E-state index contributed by atoms with van der Waals surface area (Å²) in [5.74, 6) is 0.946. The number of nitrogens with one attached hydrogen (secondary N) is 1. The summed E-state index contributed by atoms with van der Waals surface area (Å²) in [5.41, 5.74) is 3.03. The fourth-order valence-electron chi connectivity index (χ4n) is 4.92. The molecule has 0 saturated carbocycles. The van der Waals surface area contributed by atoms with E-state index in [9.17, 15) is 14.9 Å². The van der Waals surface area contributed by atoms with Gasteiger partial charge in [0.25, 0.3) is 5.69 Å². The molecule has 6 rings (SSSR count). The molecule has 0 radical (unpaired) electrons. The van der Waals surface area contributed by atoms with E-state index < -0.39 is 10.9 Å². The molecule has 5 aromatic rings. The third kappa shape index (κ3) is 5.85. The van der Waals surface area contributed by atoms with Crippen molar-refractivity contribution >= 4 is 46.4 Å². The summed E-state index contributed by atoms with van der Waals surface area (Å²) in [5, 5.41) is 14.9. The second kappa shape index (κ2) is 12.1. The first-order valence-corrected chi connectivity index (χ1v) is 14.5. The average molecular weight is 609 g/mol. The minimum Gasteiger partial charge on any atom is -0.465 e. The molecule has 1 N–H and O–H groups in total. The van der Waals surface area contributed by atoms with Crippen molar-refractivity contribution in [3.8, 4) is 11.3 Å². The minimum absolute atomic E-state index is 0.0579. The Balaban J connectivity index is 1.30. The van der Waals surface area contributed by atoms with Crippen LogP contribution in [0.15, 0.2) is 124 Å². The fraction of sp³-hybridized carbons (Fsp3) is 0.0938. The molecule has 3 heterocycles. The lowest BCUT2D eigenvalue weighted by atomic mass is 10.0. The largest absolute Gasteiger partial charge is 0.465 e. The number of ether oxygens (including phenoxy) is 1. The monoisotopic (exact) mass is 608 g/mol. The van der Waals surface area contributed by atoms with Crippen LogP contribution in [0.2, 0.25) is 0 Å². The Morgan fingerprint density at radius 1 is 0.977 bits per heavy atom. The molecule has 3 aromatic carbocycles. The second-order valence-corrected chi connectivity index (χ2v) is 11.1. The number of hydrogen-bond donors (Lipinski definition) is 1. The highest BCUT2D eigenvalue weighted by Gasteiger charge is 2.42. The van der Waals surface area contributed by atoms with Gasteiger partial charge in [-0.3, -0.25) is 15.1 Å². The number of nitro groups is 1. The van der Waals surface area contributed by atoms with E-state index in [1.807, 2.05) is 71.6 Å². The highest BCUT2D eigenvalue weighted by molar-refractivity contribution is 7.99. The highest BCUT2D eigenvalue weighted by Crippen LogP contribution is 2.43. The predicted octanol–water partition coefficient (Wildman–Crippen LogP) is 7.36. The van der Waals surface area contributed by atoms with E-state index in [1.165, 1.54) is 31.0 Å². The van der Waals surface area contributed by atoms with Gasteiger partial charge in [0, 0.05) is 39.4 Å². The first-order valence-electron chi connectivity index (χ1n) is 13.2. The second-order valence-electron chi connectivity index (χ2n) is 9.61. The summed E-state index contributed by atoms with van der Waals surface area (Å²) >= 11 is 7.35. The van der Waals surface area contributed by atoms with Gasteiger partial charge in [0.05, 0.1) is 29.3 Å². The molecule has 0 aliphatic carbocycles. The van der Waals surface area contributed by atoms with Gasteiger partial charge in [-0.05, 0) is 85.0 Å². The van der Waals surface area contributed by atoms with Crippen molar-refractivity contribution in [2.45, 2.75) is 21.9 Å². The van der Waals surface area contributed by atoms with Crippen LogP contribution in [0, 0.1) is 10.1 Å². The molecular formula is C32H24N4O5S2. The SMILES string of the molecule is COC(=O)c1ccc(-c2ccc([C@@H]3[C@H](c4ccccn4)NC(=S)N3c3ccc(Sc4ccc([N+](=O)[O-])cc4)cc3)o2)cc1. The van der Waals surface area contributed by atoms with Gasteiger partial charge in [0.1, 0.15) is 17.6 Å². The molecule has 1 aliphatic heterocycles. The standard InChI is InChI=1S/C32H24N4O5S2/c1-40-31(37)21-7-5-20(6-8-21)27-17-18-28(41-27)30-29(26-4-2-3-19-33-26)34-32(42)35(30)22-9-13-24(14-10-22)43-25-15-11-23(12-16-25)36(38)39/h2-19,29-30H,1H3,(H,34,42)/t29-,30+/m0/s1. The van der Waals surface area contributed by atoms with Crippen LogP contribution in [0.3, 0.4) is 0 Å². The quantitative estimate of drug-likeness (QED) is 0.0830. The maximum Gasteiger partial charge on any atom is 0.337 e. The number of thiocarbonyl (C=S) groups is 1. The van der Waals surface area contributed by atoms with Crippen molar-refractivity contribution in [2.24, 2.45) is 0 Å². The number of nitrogens with zero attached hydrogens (tertiary/aromatic N) is 3. The summed E-state index contributed by atoms with van der Waals surface area (Å²) in [6, 6.07) is 30.5. The number of furan rings is 1. The molecule has 2 atom stereocenters. The summed E-state index contributed by atoms with van der Waals surface area (Å²) in [6.45, 7) is 0. The zero-order valence-electron chi connectivity index (χ0n) is 22.7. The number of methoxy groups -OCH3 is 1. The lowest BCUT2D eigenvalue weighted by Gasteiger charge is -2.26. The summed E-state index contributed by atoms with van der Waals surface area (Å²) in [6.07, 6.45) is 1.75. The Hall–Kier alpha value is -5.00. The first kappa shape index (κ1) is 28.1. The Bertz CT molecular complexity index is 1780. The number of carbonyl (C=O) groups is 1. The number of pyridine rings is 1. The van der Waals surface area contributed by atoms with Crippen molar-refractivity contribution in [1.29, 1.82) is 0 Å². The Morgan fingerprint density at radius 3 is 2.30 bits per heavy atom. The van der Waals surface area contributed by atoms with Crippen LogP contribution in [0.25, 0.3) is 11.3 Å². The Kier molecular flexibility index (Phi) is 7.91. The number of esters is 1. The van der Waals surface area contributed by atoms with Crippen molar-refractivity contribution in [1.82, 2.24) is 10.3 Å². The van der Waals surface area contributed by atoms with E-state index in [0.717, 1.165) is 26.7 Å². The predicted molar refractivity (Wildman–Crippen MR) is 167 cm³/mol. The number of benzene rings is 3. The molecule has 11 heteroatoms. The molecular weight excluding hydrogens is 585 g/mol. The number of anilines is 1. The molecule has 0 bridgehead atoms. The topological polar surface area (TPSA) is 111 Å². The molecule has 214 valence electrons. The fourth-order valence-corrected chi connectivity index (χ4v) is 6.09. The van der Waals surface area contributed by atoms with E-state index in [1.54, 1.807) is 30.5 Å². The van der Waals surface area contributed by atoms with Crippen LogP contribution in [0.4, 0.5) is 11.4 Å². The van der Waals surface area contributed by atoms with E-state index >= 15 is 0 Å². The van der Waals surface area contributed by atoms with E-state index in [2.05, 4.69) is 10.3 Å². The van der Waals surface area contributed by atoms with Gasteiger partial charge in [-0.15, -0.1) is 0 Å². The third-order valence-corrected chi connectivity index (χ3v) is 8.34. The van der Waals surface area contributed by atoms with Gasteiger partial charge in [0.2, 0.25) is 0 Å². The van der Waals surface area contributed by atoms with Gasteiger partial charge in [0.15, 0.2) is 5.11 Å². The van der Waals surface area contributed by atoms with Crippen molar-refractivity contribution in [2.75, 3.05) is 12.0 Å². The maximum absolute atomic E-state index is 11.9. The van der Waals surface area contributed by atoms with Gasteiger partial charge in [-0.2, -0.15) is 0 Å². The molecule has 43 heavy (non-hydrogen) atoms. The normalized spacial score (nSPS) is 16.1. The first-order chi connectivity index (χ1) is 20.9. The molecule has 0 spiro atoms. The van der Waals surface area contributed by atoms with Crippen LogP contribution in [-0.2, 0) is 4.74 Å². The minimum atomic E-state index is -0.409. The summed E-state index contributed by atoms with van der Waals surface area (Å²) in [4.78, 5) is 30.9. The number of carbonyl (C=O) groups excluding carboxylic acids is 1. The molecule has 1 fully saturated rings. The van der Waals surface area contributed by atoms with Gasteiger partial charge >= 0.3 is 5.97 Å². The van der Waals surface area contributed by atoms with Crippen molar-refractivity contribution in [3.63, 3.8) is 0 Å². The van der Waals surface area contributed by atoms with Crippen LogP contribution < -0.4 is 10.2 Å². The van der Waals surface area contributed by atoms with Gasteiger partial charge < -0.3 is 19.4 Å². The highest BCUT2D eigenvalue weighted by atomic mass is 32.2. The number of rotatable bonds is 8. The van der Waals surface area contributed by atoms with E-state index in [-0.39, 0.29) is 17.8 Å². The summed E-state index contributed by atoms with van der Waals surface area (Å²) in [7, 11) is 1.35. The zero-order valence-corrected chi connectivity index (χ0v) is 24.4. The lowest BCUT2D eigenvalue weighted by Crippen LogP contribution is -2.29. The van der Waals surface area contributed by atoms with Gasteiger partial charge in [-0.1, -0.05) is 30.0 Å². The van der Waals surface area contributed by atoms with Gasteiger partial charge in [-0.25, -0.2) is 4.79 Å². The average Bonchev–Trinajstić information content (AvgIpc) is 3.66. The summed E-state index contributed by atoms with van der Waals surface area (Å²) < 4.78 is 11.2. The van der Waals surface area contributed by atoms with E-state index in [0.29, 0.717) is 22.2 Å². The Labute approximate surface area is 256 Å². The molecule has 2 aromatic heterocycles. The molecule has 1 aliphatic rings. The van der Waals surface area contributed by atoms with E-state index in [4.69, 9.17) is 21.4 Å². The van der Waals surface area contributed by atoms with Crippen LogP contribution in [0.1, 0.15) is 33.9 Å². The maximum atomic E-state index is 11.9. The number of hydrogen-bond acceptors (Lipinski definition) is 8. The Morgan fingerprint density at radius 2 is 1.67 bits per heavy atom.